The van der Waals surface area contributed by atoms with Crippen molar-refractivity contribution in [1.29, 1.82) is 0 Å². The minimum atomic E-state index is -0.716. The molecule has 0 aliphatic carbocycles. The number of aromatic nitrogens is 1. The maximum absolute atomic E-state index is 11.9. The molecule has 1 aromatic carbocycles. The van der Waals surface area contributed by atoms with Crippen LogP contribution < -0.4 is 14.8 Å². The lowest BCUT2D eigenvalue weighted by molar-refractivity contribution is -0.384. The molecule has 0 saturated heterocycles. The number of nitro groups is 1. The zero-order valence-electron chi connectivity index (χ0n) is 14.7. The lowest BCUT2D eigenvalue weighted by Crippen LogP contribution is -2.17. The van der Waals surface area contributed by atoms with Gasteiger partial charge in [0.1, 0.15) is 11.9 Å². The number of hydrogen-bond acceptors (Lipinski definition) is 6. The van der Waals surface area contributed by atoms with Crippen molar-refractivity contribution in [3.8, 4) is 11.6 Å². The monoisotopic (exact) mass is 359 g/mol. The second-order valence-electron chi connectivity index (χ2n) is 5.59. The largest absolute Gasteiger partial charge is 0.474 e. The van der Waals surface area contributed by atoms with Crippen molar-refractivity contribution in [2.45, 2.75) is 39.2 Å². The van der Waals surface area contributed by atoms with Crippen molar-refractivity contribution in [3.05, 3.63) is 52.7 Å². The maximum atomic E-state index is 11.9. The summed E-state index contributed by atoms with van der Waals surface area (Å²) >= 11 is 0. The van der Waals surface area contributed by atoms with Crippen molar-refractivity contribution >= 4 is 17.5 Å². The number of nitrogens with one attached hydrogen (secondary N) is 1. The van der Waals surface area contributed by atoms with Crippen LogP contribution in [-0.2, 0) is 0 Å². The summed E-state index contributed by atoms with van der Waals surface area (Å²) in [7, 11) is 0. The number of benzene rings is 1. The molecule has 8 nitrogen and oxygen atoms in total. The molecule has 1 amide bonds. The van der Waals surface area contributed by atoms with Gasteiger partial charge < -0.3 is 9.47 Å². The Bertz CT molecular complexity index is 731. The second kappa shape index (κ2) is 9.36. The second-order valence-corrected chi connectivity index (χ2v) is 5.59. The quantitative estimate of drug-likeness (QED) is 0.547. The topological polar surface area (TPSA) is 104 Å². The molecule has 0 radical (unpaired) electrons. The van der Waals surface area contributed by atoms with Gasteiger partial charge >= 0.3 is 6.09 Å². The third kappa shape index (κ3) is 5.73. The molecule has 1 heterocycles. The van der Waals surface area contributed by atoms with E-state index < -0.39 is 11.0 Å². The Hall–Kier alpha value is -3.16. The summed E-state index contributed by atoms with van der Waals surface area (Å²) in [5.41, 5.74) is 0.374. The molecule has 1 N–H and O–H groups in total. The van der Waals surface area contributed by atoms with Gasteiger partial charge in [-0.3, -0.25) is 15.4 Å². The van der Waals surface area contributed by atoms with Gasteiger partial charge in [0.15, 0.2) is 0 Å². The minimum Gasteiger partial charge on any atom is -0.474 e. The first kappa shape index (κ1) is 19.2. The molecular formula is C18H21N3O5. The molecule has 2 aromatic rings. The molecule has 1 aromatic heterocycles. The van der Waals surface area contributed by atoms with Crippen LogP contribution in [0.2, 0.25) is 0 Å². The predicted molar refractivity (Wildman–Crippen MR) is 96.6 cm³/mol. The van der Waals surface area contributed by atoms with Gasteiger partial charge in [-0.2, -0.15) is 0 Å². The van der Waals surface area contributed by atoms with Crippen LogP contribution in [0.15, 0.2) is 42.6 Å². The van der Waals surface area contributed by atoms with E-state index >= 15 is 0 Å². The molecule has 0 aliphatic heterocycles. The molecule has 0 saturated carbocycles. The first-order valence-electron chi connectivity index (χ1n) is 8.37. The van der Waals surface area contributed by atoms with E-state index in [-0.39, 0.29) is 17.5 Å². The summed E-state index contributed by atoms with van der Waals surface area (Å²) in [5.74, 6) is 0.700. The highest BCUT2D eigenvalue weighted by Gasteiger charge is 2.10. The van der Waals surface area contributed by atoms with E-state index in [1.54, 1.807) is 12.1 Å². The predicted octanol–water partition coefficient (Wildman–Crippen LogP) is 4.56. The van der Waals surface area contributed by atoms with Crippen LogP contribution in [0.25, 0.3) is 0 Å². The highest BCUT2D eigenvalue weighted by atomic mass is 16.6. The summed E-state index contributed by atoms with van der Waals surface area (Å²) in [4.78, 5) is 26.1. The first-order valence-corrected chi connectivity index (χ1v) is 8.37. The molecular weight excluding hydrogens is 338 g/mol. The van der Waals surface area contributed by atoms with E-state index in [0.29, 0.717) is 11.6 Å². The van der Waals surface area contributed by atoms with E-state index in [1.165, 1.54) is 30.5 Å². The van der Waals surface area contributed by atoms with Gasteiger partial charge in [-0.15, -0.1) is 0 Å². The summed E-state index contributed by atoms with van der Waals surface area (Å²) in [6.45, 7) is 4.16. The Kier molecular flexibility index (Phi) is 6.90. The van der Waals surface area contributed by atoms with Crippen molar-refractivity contribution in [3.63, 3.8) is 0 Å². The molecule has 26 heavy (non-hydrogen) atoms. The maximum Gasteiger partial charge on any atom is 0.417 e. The van der Waals surface area contributed by atoms with Gasteiger partial charge in [0.2, 0.25) is 5.88 Å². The van der Waals surface area contributed by atoms with Crippen LogP contribution in [-0.4, -0.2) is 22.1 Å². The number of ether oxygens (including phenoxy) is 2. The Morgan fingerprint density at radius 3 is 2.50 bits per heavy atom. The SMILES string of the molecule is CCCC(CC)Oc1ccc(NC(=O)Oc2ccc([N+](=O)[O-])cc2)cn1. The van der Waals surface area contributed by atoms with Crippen LogP contribution in [0.5, 0.6) is 11.6 Å². The lowest BCUT2D eigenvalue weighted by Gasteiger charge is -2.16. The zero-order valence-corrected chi connectivity index (χ0v) is 14.7. The van der Waals surface area contributed by atoms with E-state index in [9.17, 15) is 14.9 Å². The number of non-ortho nitro benzene ring substituents is 1. The fourth-order valence-electron chi connectivity index (χ4n) is 2.25. The molecule has 2 rings (SSSR count). The number of anilines is 1. The number of nitrogens with zero attached hydrogens (tertiary/aromatic N) is 2. The fourth-order valence-corrected chi connectivity index (χ4v) is 2.25. The Morgan fingerprint density at radius 2 is 1.96 bits per heavy atom. The van der Waals surface area contributed by atoms with Crippen molar-refractivity contribution in [1.82, 2.24) is 4.98 Å². The summed E-state index contributed by atoms with van der Waals surface area (Å²) in [6, 6.07) is 8.57. The zero-order chi connectivity index (χ0) is 18.9. The van der Waals surface area contributed by atoms with E-state index in [4.69, 9.17) is 9.47 Å². The standard InChI is InChI=1S/C18H21N3O5/c1-3-5-15(4-2)25-17-11-6-13(12-19-17)20-18(22)26-16-9-7-14(8-10-16)21(23)24/h6-12,15H,3-5H2,1-2H3,(H,20,22). The minimum absolute atomic E-state index is 0.0778. The number of carbonyl (C=O) groups is 1. The van der Waals surface area contributed by atoms with Crippen LogP contribution >= 0.6 is 0 Å². The fraction of sp³-hybridized carbons (Fsp3) is 0.333. The van der Waals surface area contributed by atoms with Gasteiger partial charge in [-0.05, 0) is 31.0 Å². The summed E-state index contributed by atoms with van der Waals surface area (Å²) < 4.78 is 10.8. The molecule has 0 aliphatic rings. The Labute approximate surface area is 151 Å². The highest BCUT2D eigenvalue weighted by Crippen LogP contribution is 2.19. The van der Waals surface area contributed by atoms with Gasteiger partial charge in [0.05, 0.1) is 16.8 Å². The molecule has 0 spiro atoms. The van der Waals surface area contributed by atoms with Crippen molar-refractivity contribution in [2.75, 3.05) is 5.32 Å². The van der Waals surface area contributed by atoms with Crippen LogP contribution in [0.4, 0.5) is 16.2 Å². The first-order chi connectivity index (χ1) is 12.5. The van der Waals surface area contributed by atoms with Crippen LogP contribution in [0.1, 0.15) is 33.1 Å². The molecule has 0 fully saturated rings. The molecule has 138 valence electrons. The van der Waals surface area contributed by atoms with Gasteiger partial charge in [-0.1, -0.05) is 20.3 Å². The van der Waals surface area contributed by atoms with Crippen molar-refractivity contribution < 1.29 is 19.2 Å². The number of rotatable bonds is 8. The van der Waals surface area contributed by atoms with Gasteiger partial charge in [-0.25, -0.2) is 9.78 Å². The Morgan fingerprint density at radius 1 is 1.23 bits per heavy atom. The molecule has 0 bridgehead atoms. The number of pyridine rings is 1. The summed E-state index contributed by atoms with van der Waals surface area (Å²) in [5, 5.41) is 13.1. The average Bonchev–Trinajstić information content (AvgIpc) is 2.63. The van der Waals surface area contributed by atoms with Crippen LogP contribution in [0.3, 0.4) is 0 Å². The van der Waals surface area contributed by atoms with Crippen LogP contribution in [0, 0.1) is 10.1 Å². The van der Waals surface area contributed by atoms with Crippen molar-refractivity contribution in [2.24, 2.45) is 0 Å². The van der Waals surface area contributed by atoms with E-state index in [1.807, 2.05) is 0 Å². The highest BCUT2D eigenvalue weighted by molar-refractivity contribution is 5.86. The average molecular weight is 359 g/mol. The molecule has 1 atom stereocenters. The number of amides is 1. The Balaban J connectivity index is 1.89. The number of nitro benzene ring substituents is 1. The molecule has 8 heteroatoms. The summed E-state index contributed by atoms with van der Waals surface area (Å²) in [6.07, 6.45) is 3.78. The smallest absolute Gasteiger partial charge is 0.417 e. The number of hydrogen-bond donors (Lipinski definition) is 1. The van der Waals surface area contributed by atoms with Gasteiger partial charge in [0.25, 0.3) is 5.69 Å². The molecule has 1 unspecified atom stereocenters. The van der Waals surface area contributed by atoms with E-state index in [2.05, 4.69) is 24.1 Å². The van der Waals surface area contributed by atoms with Gasteiger partial charge in [0, 0.05) is 18.2 Å². The number of carbonyl (C=O) groups excluding carboxylic acids is 1. The third-order valence-electron chi connectivity index (χ3n) is 3.59. The lowest BCUT2D eigenvalue weighted by atomic mass is 10.2. The van der Waals surface area contributed by atoms with E-state index in [0.717, 1.165) is 19.3 Å². The third-order valence-corrected chi connectivity index (χ3v) is 3.59. The normalized spacial score (nSPS) is 11.5.